The molecule has 0 unspecified atom stereocenters. The average Bonchev–Trinajstić information content (AvgIpc) is 3.23. The van der Waals surface area contributed by atoms with Crippen LogP contribution in [0.5, 0.6) is 0 Å². The Labute approximate surface area is 173 Å². The molecule has 0 N–H and O–H groups in total. The van der Waals surface area contributed by atoms with Crippen LogP contribution < -0.4 is 0 Å². The van der Waals surface area contributed by atoms with E-state index in [9.17, 15) is 18.0 Å². The van der Waals surface area contributed by atoms with Crippen molar-refractivity contribution in [3.05, 3.63) is 54.0 Å². The second-order valence-electron chi connectivity index (χ2n) is 6.48. The van der Waals surface area contributed by atoms with Crippen LogP contribution in [0, 0.1) is 0 Å². The summed E-state index contributed by atoms with van der Waals surface area (Å²) in [7, 11) is -3.26. The highest BCUT2D eigenvalue weighted by molar-refractivity contribution is 7.98. The Balaban J connectivity index is 1.52. The molecule has 0 atom stereocenters. The Kier molecular flexibility index (Phi) is 6.99. The molecule has 1 aromatic heterocycles. The van der Waals surface area contributed by atoms with Crippen molar-refractivity contribution >= 4 is 33.7 Å². The predicted octanol–water partition coefficient (Wildman–Crippen LogP) is 1.83. The fourth-order valence-electron chi connectivity index (χ4n) is 2.87. The van der Waals surface area contributed by atoms with Gasteiger partial charge in [0.25, 0.3) is 5.91 Å². The van der Waals surface area contributed by atoms with Gasteiger partial charge in [0.15, 0.2) is 6.61 Å². The van der Waals surface area contributed by atoms with Crippen LogP contribution in [-0.2, 0) is 25.3 Å². The molecule has 2 heterocycles. The summed E-state index contributed by atoms with van der Waals surface area (Å²) < 4.78 is 34.9. The minimum Gasteiger partial charge on any atom is -0.468 e. The SMILES string of the molecule is CS(=O)(=O)N1CCN(C(=O)COC(=O)c2ccccc2SCc2ccco2)CC1. The van der Waals surface area contributed by atoms with Crippen molar-refractivity contribution in [3.8, 4) is 0 Å². The molecular formula is C19H22N2O6S2. The van der Waals surface area contributed by atoms with Crippen LogP contribution in [0.15, 0.2) is 52.0 Å². The van der Waals surface area contributed by atoms with Crippen molar-refractivity contribution in [3.63, 3.8) is 0 Å². The van der Waals surface area contributed by atoms with E-state index < -0.39 is 16.0 Å². The molecule has 0 saturated carbocycles. The molecule has 8 nitrogen and oxygen atoms in total. The van der Waals surface area contributed by atoms with E-state index in [0.717, 1.165) is 16.9 Å². The van der Waals surface area contributed by atoms with E-state index in [4.69, 9.17) is 9.15 Å². The van der Waals surface area contributed by atoms with E-state index in [2.05, 4.69) is 0 Å². The van der Waals surface area contributed by atoms with Gasteiger partial charge >= 0.3 is 5.97 Å². The molecular weight excluding hydrogens is 416 g/mol. The normalized spacial score (nSPS) is 15.3. The first-order valence-electron chi connectivity index (χ1n) is 8.99. The number of hydrogen-bond acceptors (Lipinski definition) is 7. The fourth-order valence-corrected chi connectivity index (χ4v) is 4.64. The number of furan rings is 1. The van der Waals surface area contributed by atoms with Crippen molar-refractivity contribution in [1.29, 1.82) is 0 Å². The van der Waals surface area contributed by atoms with Crippen molar-refractivity contribution in [1.82, 2.24) is 9.21 Å². The number of sulfonamides is 1. The summed E-state index contributed by atoms with van der Waals surface area (Å²) in [6.45, 7) is 0.655. The number of piperazine rings is 1. The number of benzene rings is 1. The first-order chi connectivity index (χ1) is 13.8. The average molecular weight is 439 g/mol. The summed E-state index contributed by atoms with van der Waals surface area (Å²) in [5, 5.41) is 0. The first-order valence-corrected chi connectivity index (χ1v) is 11.8. The molecule has 0 aliphatic carbocycles. The van der Waals surface area contributed by atoms with Gasteiger partial charge < -0.3 is 14.1 Å². The van der Waals surface area contributed by atoms with Gasteiger partial charge in [-0.15, -0.1) is 11.8 Å². The zero-order valence-corrected chi connectivity index (χ0v) is 17.6. The van der Waals surface area contributed by atoms with Crippen LogP contribution in [0.25, 0.3) is 0 Å². The maximum atomic E-state index is 12.5. The summed E-state index contributed by atoms with van der Waals surface area (Å²) in [6, 6.07) is 10.7. The Morgan fingerprint density at radius 3 is 2.48 bits per heavy atom. The minimum absolute atomic E-state index is 0.241. The lowest BCUT2D eigenvalue weighted by atomic mass is 10.2. The summed E-state index contributed by atoms with van der Waals surface area (Å²) >= 11 is 1.45. The molecule has 1 aliphatic rings. The molecule has 0 bridgehead atoms. The van der Waals surface area contributed by atoms with Gasteiger partial charge in [-0.25, -0.2) is 13.2 Å². The maximum Gasteiger partial charge on any atom is 0.339 e. The summed E-state index contributed by atoms with van der Waals surface area (Å²) in [4.78, 5) is 27.0. The Morgan fingerprint density at radius 2 is 1.83 bits per heavy atom. The lowest BCUT2D eigenvalue weighted by Crippen LogP contribution is -2.51. The summed E-state index contributed by atoms with van der Waals surface area (Å²) in [5.41, 5.74) is 0.388. The van der Waals surface area contributed by atoms with E-state index >= 15 is 0 Å². The van der Waals surface area contributed by atoms with Crippen LogP contribution >= 0.6 is 11.8 Å². The van der Waals surface area contributed by atoms with Crippen LogP contribution in [0.2, 0.25) is 0 Å². The predicted molar refractivity (Wildman–Crippen MR) is 108 cm³/mol. The van der Waals surface area contributed by atoms with Gasteiger partial charge in [0.1, 0.15) is 5.76 Å². The lowest BCUT2D eigenvalue weighted by Gasteiger charge is -2.33. The Hall–Kier alpha value is -2.30. The van der Waals surface area contributed by atoms with E-state index in [1.807, 2.05) is 18.2 Å². The molecule has 1 aromatic carbocycles. The number of ether oxygens (including phenoxy) is 1. The molecule has 1 amide bonds. The minimum atomic E-state index is -3.26. The molecule has 1 fully saturated rings. The smallest absolute Gasteiger partial charge is 0.339 e. The van der Waals surface area contributed by atoms with Crippen LogP contribution in [0.1, 0.15) is 16.1 Å². The molecule has 29 heavy (non-hydrogen) atoms. The van der Waals surface area contributed by atoms with Gasteiger partial charge in [0.2, 0.25) is 10.0 Å². The van der Waals surface area contributed by atoms with E-state index in [1.54, 1.807) is 24.5 Å². The van der Waals surface area contributed by atoms with E-state index in [1.165, 1.54) is 21.0 Å². The number of rotatable bonds is 7. The highest BCUT2D eigenvalue weighted by Gasteiger charge is 2.26. The molecule has 1 aliphatic heterocycles. The zero-order chi connectivity index (χ0) is 20.9. The largest absolute Gasteiger partial charge is 0.468 e. The van der Waals surface area contributed by atoms with Gasteiger partial charge in [-0.05, 0) is 24.3 Å². The molecule has 2 aromatic rings. The zero-order valence-electron chi connectivity index (χ0n) is 15.9. The van der Waals surface area contributed by atoms with Crippen molar-refractivity contribution in [2.24, 2.45) is 0 Å². The van der Waals surface area contributed by atoms with Gasteiger partial charge in [-0.1, -0.05) is 12.1 Å². The van der Waals surface area contributed by atoms with Crippen LogP contribution in [-0.4, -0.2) is 68.5 Å². The third-order valence-electron chi connectivity index (χ3n) is 4.44. The molecule has 0 spiro atoms. The van der Waals surface area contributed by atoms with E-state index in [0.29, 0.717) is 11.3 Å². The maximum absolute atomic E-state index is 12.5. The second-order valence-corrected chi connectivity index (χ2v) is 9.48. The van der Waals surface area contributed by atoms with Crippen LogP contribution in [0.4, 0.5) is 0 Å². The highest BCUT2D eigenvalue weighted by atomic mass is 32.2. The number of carbonyl (C=O) groups is 2. The lowest BCUT2D eigenvalue weighted by molar-refractivity contribution is -0.135. The number of carbonyl (C=O) groups excluding carboxylic acids is 2. The monoisotopic (exact) mass is 438 g/mol. The standard InChI is InChI=1S/C19H22N2O6S2/c1-29(24,25)21-10-8-20(9-11-21)18(22)13-27-19(23)16-6-2-3-7-17(16)28-14-15-5-4-12-26-15/h2-7,12H,8-11,13-14H2,1H3. The van der Waals surface area contributed by atoms with Crippen molar-refractivity contribution < 1.29 is 27.2 Å². The van der Waals surface area contributed by atoms with Crippen molar-refractivity contribution in [2.45, 2.75) is 10.6 Å². The van der Waals surface area contributed by atoms with Gasteiger partial charge in [0.05, 0.1) is 23.8 Å². The van der Waals surface area contributed by atoms with Crippen molar-refractivity contribution in [2.75, 3.05) is 39.0 Å². The molecule has 10 heteroatoms. The summed E-state index contributed by atoms with van der Waals surface area (Å²) in [6.07, 6.45) is 2.74. The molecule has 1 saturated heterocycles. The fraction of sp³-hybridized carbons (Fsp3) is 0.368. The number of amides is 1. The number of esters is 1. The third kappa shape index (κ3) is 5.84. The van der Waals surface area contributed by atoms with Crippen LogP contribution in [0.3, 0.4) is 0 Å². The molecule has 0 radical (unpaired) electrons. The topological polar surface area (TPSA) is 97.1 Å². The highest BCUT2D eigenvalue weighted by Crippen LogP contribution is 2.27. The number of hydrogen-bond donors (Lipinski definition) is 0. The van der Waals surface area contributed by atoms with Gasteiger partial charge in [-0.2, -0.15) is 4.31 Å². The molecule has 3 rings (SSSR count). The number of nitrogens with zero attached hydrogens (tertiary/aromatic N) is 2. The van der Waals surface area contributed by atoms with Gasteiger partial charge in [-0.3, -0.25) is 4.79 Å². The Morgan fingerprint density at radius 1 is 1.10 bits per heavy atom. The Bertz CT molecular complexity index is 951. The van der Waals surface area contributed by atoms with Gasteiger partial charge in [0, 0.05) is 31.1 Å². The second kappa shape index (κ2) is 9.47. The summed E-state index contributed by atoms with van der Waals surface area (Å²) in [5.74, 6) is 0.449. The number of thioether (sulfide) groups is 1. The first kappa shape index (κ1) is 21.4. The quantitative estimate of drug-likeness (QED) is 0.481. The molecule has 156 valence electrons. The third-order valence-corrected chi connectivity index (χ3v) is 6.84. The van der Waals surface area contributed by atoms with E-state index in [-0.39, 0.29) is 38.7 Å².